The molecule has 4 rings (SSSR count). The van der Waals surface area contributed by atoms with E-state index in [4.69, 9.17) is 7.85 Å². The molecule has 0 aromatic heterocycles. The molecule has 6 atom stereocenters. The normalized spacial score (nSPS) is 45.1. The van der Waals surface area contributed by atoms with E-state index >= 15 is 0 Å². The molecule has 4 aliphatic carbocycles. The summed E-state index contributed by atoms with van der Waals surface area (Å²) in [5.41, 5.74) is 3.11. The van der Waals surface area contributed by atoms with E-state index in [1.165, 1.54) is 83.5 Å². The molecule has 0 aromatic rings. The largest absolute Gasteiger partial charge is 0.0856 e. The van der Waals surface area contributed by atoms with Crippen LogP contribution in [0.25, 0.3) is 0 Å². The molecule has 2 radical (unpaired) electrons. The van der Waals surface area contributed by atoms with Gasteiger partial charge in [0, 0.05) is 5.41 Å². The van der Waals surface area contributed by atoms with Gasteiger partial charge in [0.25, 0.3) is 0 Å². The fraction of sp³-hybridized carbons (Fsp3) is 0.917. The Labute approximate surface area is 158 Å². The van der Waals surface area contributed by atoms with Crippen molar-refractivity contribution in [3.05, 3.63) is 11.6 Å². The molecule has 0 amide bonds. The smallest absolute Gasteiger partial charge is 0.0656 e. The maximum absolute atomic E-state index is 6.07. The van der Waals surface area contributed by atoms with Crippen LogP contribution in [0.3, 0.4) is 0 Å². The molecular weight excluding hydrogens is 299 g/mol. The minimum atomic E-state index is 0.609. The fourth-order valence-corrected chi connectivity index (χ4v) is 7.87. The van der Waals surface area contributed by atoms with Gasteiger partial charge in [0.05, 0.1) is 7.85 Å². The van der Waals surface area contributed by atoms with Gasteiger partial charge in [-0.2, -0.15) is 0 Å². The van der Waals surface area contributed by atoms with Gasteiger partial charge in [0.1, 0.15) is 0 Å². The quantitative estimate of drug-likeness (QED) is 0.264. The molecule has 138 valence electrons. The molecule has 0 saturated heterocycles. The molecular formula is C24H39B. The minimum absolute atomic E-state index is 0.609. The molecule has 25 heavy (non-hydrogen) atoms. The molecule has 3 saturated carbocycles. The average molecular weight is 338 g/mol. The molecule has 3 fully saturated rings. The van der Waals surface area contributed by atoms with E-state index in [-0.39, 0.29) is 0 Å². The van der Waals surface area contributed by atoms with Crippen molar-refractivity contribution < 1.29 is 0 Å². The zero-order chi connectivity index (χ0) is 17.5. The Hall–Kier alpha value is -0.195. The minimum Gasteiger partial charge on any atom is -0.0856 e. The van der Waals surface area contributed by atoms with Crippen LogP contribution >= 0.6 is 0 Å². The summed E-state index contributed by atoms with van der Waals surface area (Å²) in [5, 5.41) is 0. The third kappa shape index (κ3) is 2.70. The molecule has 0 N–H and O–H groups in total. The van der Waals surface area contributed by atoms with Crippen molar-refractivity contribution >= 4 is 7.85 Å². The number of unbranched alkanes of at least 4 members (excludes halogenated alkanes) is 4. The predicted octanol–water partition coefficient (Wildman–Crippen LogP) is 7.10. The summed E-state index contributed by atoms with van der Waals surface area (Å²) in [5.74, 6) is 3.69. The van der Waals surface area contributed by atoms with Gasteiger partial charge in [0.15, 0.2) is 0 Å². The predicted molar refractivity (Wildman–Crippen MR) is 109 cm³/mol. The Morgan fingerprint density at radius 1 is 1.12 bits per heavy atom. The fourth-order valence-electron chi connectivity index (χ4n) is 7.87. The van der Waals surface area contributed by atoms with E-state index in [1.54, 1.807) is 0 Å². The van der Waals surface area contributed by atoms with Crippen molar-refractivity contribution in [3.8, 4) is 0 Å². The van der Waals surface area contributed by atoms with Crippen LogP contribution < -0.4 is 0 Å². The number of fused-ring (bicyclic) bond motifs is 1. The topological polar surface area (TPSA) is 0 Å². The molecule has 0 heterocycles. The van der Waals surface area contributed by atoms with Gasteiger partial charge in [-0.3, -0.25) is 0 Å². The molecule has 2 bridgehead atoms. The third-order valence-corrected chi connectivity index (χ3v) is 9.24. The molecule has 0 aromatic carbocycles. The van der Waals surface area contributed by atoms with Crippen LogP contribution in [0.4, 0.5) is 0 Å². The summed E-state index contributed by atoms with van der Waals surface area (Å²) in [7, 11) is 6.07. The number of rotatable bonds is 7. The number of hydrogen-bond donors (Lipinski definition) is 0. The summed E-state index contributed by atoms with van der Waals surface area (Å²) < 4.78 is 0. The monoisotopic (exact) mass is 338 g/mol. The number of hydrogen-bond acceptors (Lipinski definition) is 0. The lowest BCUT2D eigenvalue weighted by Gasteiger charge is -2.69. The lowest BCUT2D eigenvalue weighted by atomic mass is 9.35. The van der Waals surface area contributed by atoms with Crippen molar-refractivity contribution in [2.75, 3.05) is 0 Å². The number of allylic oxidation sites excluding steroid dienone is 2. The van der Waals surface area contributed by atoms with Gasteiger partial charge in [-0.25, -0.2) is 0 Å². The van der Waals surface area contributed by atoms with Crippen LogP contribution in [0.15, 0.2) is 11.6 Å². The van der Waals surface area contributed by atoms with Gasteiger partial charge in [0.2, 0.25) is 0 Å². The van der Waals surface area contributed by atoms with Gasteiger partial charge in [-0.15, -0.1) is 0 Å². The maximum atomic E-state index is 6.07. The first kappa shape index (κ1) is 18.2. The average Bonchev–Trinajstić information content (AvgIpc) is 2.88. The Balaban J connectivity index is 1.51. The highest BCUT2D eigenvalue weighted by molar-refractivity contribution is 6.08. The highest BCUT2D eigenvalue weighted by atomic mass is 14.7. The van der Waals surface area contributed by atoms with Gasteiger partial charge in [-0.05, 0) is 74.0 Å². The lowest BCUT2D eigenvalue weighted by Crippen LogP contribution is -2.62. The molecule has 0 aliphatic heterocycles. The van der Waals surface area contributed by atoms with Crippen molar-refractivity contribution in [1.29, 1.82) is 0 Å². The highest BCUT2D eigenvalue weighted by Gasteiger charge is 2.70. The first-order valence-electron chi connectivity index (χ1n) is 11.6. The molecule has 6 unspecified atom stereocenters. The van der Waals surface area contributed by atoms with Crippen molar-refractivity contribution in [1.82, 2.24) is 0 Å². The Bertz CT molecular complexity index is 508. The lowest BCUT2D eigenvalue weighted by molar-refractivity contribution is -0.175. The van der Waals surface area contributed by atoms with Crippen LogP contribution in [0.1, 0.15) is 97.3 Å². The van der Waals surface area contributed by atoms with Crippen LogP contribution in [-0.4, -0.2) is 7.85 Å². The van der Waals surface area contributed by atoms with Crippen LogP contribution in [0.5, 0.6) is 0 Å². The Morgan fingerprint density at radius 3 is 2.76 bits per heavy atom. The second-order valence-corrected chi connectivity index (χ2v) is 10.2. The van der Waals surface area contributed by atoms with E-state index in [9.17, 15) is 0 Å². The van der Waals surface area contributed by atoms with E-state index < -0.39 is 0 Å². The molecule has 4 aliphatic rings. The maximum Gasteiger partial charge on any atom is 0.0656 e. The Kier molecular flexibility index (Phi) is 5.15. The second-order valence-electron chi connectivity index (χ2n) is 10.2. The van der Waals surface area contributed by atoms with Gasteiger partial charge >= 0.3 is 0 Å². The Morgan fingerprint density at radius 2 is 1.96 bits per heavy atom. The van der Waals surface area contributed by atoms with E-state index in [0.29, 0.717) is 10.8 Å². The second kappa shape index (κ2) is 7.08. The molecule has 1 heteroatoms. The summed E-state index contributed by atoms with van der Waals surface area (Å²) in [4.78, 5) is 0. The zero-order valence-corrected chi connectivity index (χ0v) is 16.9. The first-order valence-corrected chi connectivity index (χ1v) is 11.6. The van der Waals surface area contributed by atoms with Crippen LogP contribution in [0.2, 0.25) is 6.32 Å². The summed E-state index contributed by atoms with van der Waals surface area (Å²) >= 11 is 0. The summed E-state index contributed by atoms with van der Waals surface area (Å²) in [6, 6.07) is 0. The van der Waals surface area contributed by atoms with Crippen molar-refractivity contribution in [2.45, 2.75) is 104 Å². The zero-order valence-electron chi connectivity index (χ0n) is 16.9. The van der Waals surface area contributed by atoms with Gasteiger partial charge < -0.3 is 0 Å². The standard InChI is InChI=1S/C24H39B/c1-3-4-5-6-7-10-20-11-8-9-19-15-21-14-18(17-25)12-13-24(21)22(19)16-23(20,24)2/h15,18-20,22H,3-14,16-17H2,1-2H3. The third-order valence-electron chi connectivity index (χ3n) is 9.24. The van der Waals surface area contributed by atoms with Crippen LogP contribution in [0, 0.1) is 34.5 Å². The first-order chi connectivity index (χ1) is 12.2. The highest BCUT2D eigenvalue weighted by Crippen LogP contribution is 2.78. The molecule has 0 nitrogen and oxygen atoms in total. The van der Waals surface area contributed by atoms with E-state index in [2.05, 4.69) is 19.9 Å². The molecule has 1 spiro atoms. The SMILES string of the molecule is [B]CC1CCC23C(=CC4CCCC(CCCCCCC)C2(C)CC43)C1. The van der Waals surface area contributed by atoms with Crippen LogP contribution in [-0.2, 0) is 0 Å². The summed E-state index contributed by atoms with van der Waals surface area (Å²) in [6.07, 6.45) is 22.6. The van der Waals surface area contributed by atoms with Gasteiger partial charge in [-0.1, -0.05) is 70.3 Å². The van der Waals surface area contributed by atoms with E-state index in [1.807, 2.05) is 5.57 Å². The van der Waals surface area contributed by atoms with Crippen molar-refractivity contribution in [2.24, 2.45) is 34.5 Å². The van der Waals surface area contributed by atoms with E-state index in [0.717, 1.165) is 30.0 Å². The summed E-state index contributed by atoms with van der Waals surface area (Å²) in [6.45, 7) is 5.04. The van der Waals surface area contributed by atoms with Crippen molar-refractivity contribution in [3.63, 3.8) is 0 Å².